The maximum absolute atomic E-state index is 12.9. The molecule has 2 aromatic carbocycles. The Hall–Kier alpha value is -1.81. The largest absolute Gasteiger partial charge is 0.494 e. The molecule has 23 heavy (non-hydrogen) atoms. The van der Waals surface area contributed by atoms with E-state index in [0.29, 0.717) is 6.61 Å². The second kappa shape index (κ2) is 8.16. The second-order valence-electron chi connectivity index (χ2n) is 4.82. The monoisotopic (exact) mass is 335 g/mol. The number of hydrogen-bond acceptors (Lipinski definition) is 5. The van der Waals surface area contributed by atoms with Crippen LogP contribution in [0.1, 0.15) is 18.3 Å². The van der Waals surface area contributed by atoms with Crippen molar-refractivity contribution in [3.05, 3.63) is 60.2 Å². The van der Waals surface area contributed by atoms with Gasteiger partial charge in [-0.2, -0.15) is 0 Å². The molecule has 5 nitrogen and oxygen atoms in total. The van der Waals surface area contributed by atoms with Crippen LogP contribution in [0, 0.1) is 0 Å². The van der Waals surface area contributed by atoms with Crippen molar-refractivity contribution in [2.75, 3.05) is 26.1 Å². The van der Waals surface area contributed by atoms with E-state index in [9.17, 15) is 4.57 Å². The molecule has 124 valence electrons. The third-order valence-corrected chi connectivity index (χ3v) is 5.49. The first-order valence-electron chi connectivity index (χ1n) is 7.38. The zero-order valence-corrected chi connectivity index (χ0v) is 14.5. The van der Waals surface area contributed by atoms with Gasteiger partial charge in [-0.05, 0) is 36.8 Å². The summed E-state index contributed by atoms with van der Waals surface area (Å²) in [7, 11) is -0.568. The second-order valence-corrected chi connectivity index (χ2v) is 7.15. The molecule has 0 radical (unpaired) electrons. The maximum atomic E-state index is 12.9. The molecule has 0 aliphatic heterocycles. The van der Waals surface area contributed by atoms with Gasteiger partial charge in [0.1, 0.15) is 5.75 Å². The van der Waals surface area contributed by atoms with E-state index in [0.717, 1.165) is 17.0 Å². The molecule has 2 aromatic rings. The van der Waals surface area contributed by atoms with E-state index in [4.69, 9.17) is 13.8 Å². The zero-order chi connectivity index (χ0) is 16.7. The van der Waals surface area contributed by atoms with Gasteiger partial charge in [-0.15, -0.1) is 0 Å². The van der Waals surface area contributed by atoms with Crippen LogP contribution < -0.4 is 10.1 Å². The lowest BCUT2D eigenvalue weighted by molar-refractivity contribution is 0.268. The Balaban J connectivity index is 2.29. The summed E-state index contributed by atoms with van der Waals surface area (Å²) in [6.45, 7) is 2.55. The average molecular weight is 335 g/mol. The van der Waals surface area contributed by atoms with Gasteiger partial charge in [0, 0.05) is 19.9 Å². The number of nitrogens with one attached hydrogen (secondary N) is 1. The van der Waals surface area contributed by atoms with E-state index in [-0.39, 0.29) is 0 Å². The normalized spacial score (nSPS) is 12.7. The lowest BCUT2D eigenvalue weighted by Gasteiger charge is -2.26. The third kappa shape index (κ3) is 4.35. The number of anilines is 1. The van der Waals surface area contributed by atoms with Crippen molar-refractivity contribution in [3.8, 4) is 5.75 Å². The average Bonchev–Trinajstić information content (AvgIpc) is 2.61. The van der Waals surface area contributed by atoms with Crippen molar-refractivity contribution in [3.63, 3.8) is 0 Å². The van der Waals surface area contributed by atoms with Crippen LogP contribution in [0.15, 0.2) is 54.6 Å². The standard InChI is InChI=1S/C17H22NO4P/c1-4-22-16-12-10-15(11-13-16)18-17(23(19,20-2)21-3)14-8-6-5-7-9-14/h5-13,17-18H,4H2,1-3H3/t17-/m1/s1. The summed E-state index contributed by atoms with van der Waals surface area (Å²) in [6.07, 6.45) is 0. The molecule has 1 N–H and O–H groups in total. The smallest absolute Gasteiger partial charge is 0.356 e. The summed E-state index contributed by atoms with van der Waals surface area (Å²) in [4.78, 5) is 0. The van der Waals surface area contributed by atoms with Gasteiger partial charge < -0.3 is 19.1 Å². The molecule has 6 heteroatoms. The minimum absolute atomic E-state index is 0.600. The minimum Gasteiger partial charge on any atom is -0.494 e. The lowest BCUT2D eigenvalue weighted by Crippen LogP contribution is -2.13. The van der Waals surface area contributed by atoms with Crippen LogP contribution in [0.4, 0.5) is 5.69 Å². The third-order valence-electron chi connectivity index (χ3n) is 3.41. The van der Waals surface area contributed by atoms with Gasteiger partial charge in [-0.25, -0.2) is 0 Å². The molecule has 0 aliphatic rings. The highest BCUT2D eigenvalue weighted by Gasteiger charge is 2.35. The molecule has 2 rings (SSSR count). The molecule has 0 amide bonds. The molecular weight excluding hydrogens is 313 g/mol. The fourth-order valence-corrected chi connectivity index (χ4v) is 3.65. The molecule has 0 aromatic heterocycles. The number of hydrogen-bond donors (Lipinski definition) is 1. The van der Waals surface area contributed by atoms with Crippen LogP contribution >= 0.6 is 7.60 Å². The van der Waals surface area contributed by atoms with Crippen LogP contribution in [0.25, 0.3) is 0 Å². The Morgan fingerprint density at radius 2 is 1.61 bits per heavy atom. The van der Waals surface area contributed by atoms with Crippen molar-refractivity contribution >= 4 is 13.3 Å². The molecule has 0 fully saturated rings. The van der Waals surface area contributed by atoms with Gasteiger partial charge in [0.25, 0.3) is 0 Å². The molecule has 0 aliphatic carbocycles. The molecule has 0 unspecified atom stereocenters. The summed E-state index contributed by atoms with van der Waals surface area (Å²) in [6, 6.07) is 16.9. The van der Waals surface area contributed by atoms with Crippen LogP contribution in [-0.2, 0) is 13.6 Å². The summed E-state index contributed by atoms with van der Waals surface area (Å²) in [5.74, 6) is 0.188. The molecule has 1 atom stereocenters. The molecule has 0 spiro atoms. The molecule has 0 bridgehead atoms. The molecule has 0 saturated heterocycles. The fraction of sp³-hybridized carbons (Fsp3) is 0.294. The van der Waals surface area contributed by atoms with Crippen LogP contribution in [0.5, 0.6) is 5.75 Å². The van der Waals surface area contributed by atoms with Gasteiger partial charge >= 0.3 is 7.60 Å². The van der Waals surface area contributed by atoms with Crippen molar-refractivity contribution in [1.82, 2.24) is 0 Å². The summed E-state index contributed by atoms with van der Waals surface area (Å²) >= 11 is 0. The summed E-state index contributed by atoms with van der Waals surface area (Å²) < 4.78 is 28.7. The Labute approximate surface area is 137 Å². The minimum atomic E-state index is -3.35. The van der Waals surface area contributed by atoms with Gasteiger partial charge in [-0.3, -0.25) is 4.57 Å². The SMILES string of the molecule is CCOc1ccc(N[C@@H](c2ccccc2)P(=O)(OC)OC)cc1. The van der Waals surface area contributed by atoms with Crippen molar-refractivity contribution in [2.45, 2.75) is 12.7 Å². The van der Waals surface area contributed by atoms with Crippen LogP contribution in [0.3, 0.4) is 0 Å². The zero-order valence-electron chi connectivity index (χ0n) is 13.6. The van der Waals surface area contributed by atoms with E-state index in [2.05, 4.69) is 5.32 Å². The first-order valence-corrected chi connectivity index (χ1v) is 8.99. The van der Waals surface area contributed by atoms with Crippen LogP contribution in [0.2, 0.25) is 0 Å². The van der Waals surface area contributed by atoms with Crippen molar-refractivity contribution in [2.24, 2.45) is 0 Å². The van der Waals surface area contributed by atoms with Gasteiger partial charge in [-0.1, -0.05) is 30.3 Å². The highest BCUT2D eigenvalue weighted by molar-refractivity contribution is 7.54. The van der Waals surface area contributed by atoms with E-state index >= 15 is 0 Å². The predicted molar refractivity (Wildman–Crippen MR) is 92.0 cm³/mol. The number of benzene rings is 2. The highest BCUT2D eigenvalue weighted by Crippen LogP contribution is 2.59. The van der Waals surface area contributed by atoms with Gasteiger partial charge in [0.2, 0.25) is 0 Å². The van der Waals surface area contributed by atoms with Crippen LogP contribution in [-0.4, -0.2) is 20.8 Å². The quantitative estimate of drug-likeness (QED) is 0.710. The Kier molecular flexibility index (Phi) is 6.22. The summed E-state index contributed by atoms with van der Waals surface area (Å²) in [5.41, 5.74) is 1.63. The lowest BCUT2D eigenvalue weighted by atomic mass is 10.2. The first-order chi connectivity index (χ1) is 11.1. The van der Waals surface area contributed by atoms with Gasteiger partial charge in [0.15, 0.2) is 5.78 Å². The fourth-order valence-electron chi connectivity index (χ4n) is 2.24. The summed E-state index contributed by atoms with van der Waals surface area (Å²) in [5, 5.41) is 3.24. The topological polar surface area (TPSA) is 56.8 Å². The molecule has 0 saturated carbocycles. The van der Waals surface area contributed by atoms with E-state index < -0.39 is 13.4 Å². The van der Waals surface area contributed by atoms with E-state index in [1.807, 2.05) is 61.5 Å². The van der Waals surface area contributed by atoms with Crippen molar-refractivity contribution in [1.29, 1.82) is 0 Å². The highest BCUT2D eigenvalue weighted by atomic mass is 31.2. The Bertz CT molecular complexity index is 637. The van der Waals surface area contributed by atoms with Crippen molar-refractivity contribution < 1.29 is 18.3 Å². The molecular formula is C17H22NO4P. The first kappa shape index (κ1) is 17.5. The molecule has 0 heterocycles. The predicted octanol–water partition coefficient (Wildman–Crippen LogP) is 4.68. The number of ether oxygens (including phenoxy) is 1. The maximum Gasteiger partial charge on any atom is 0.356 e. The van der Waals surface area contributed by atoms with E-state index in [1.165, 1.54) is 14.2 Å². The Morgan fingerprint density at radius 1 is 1.00 bits per heavy atom. The number of rotatable bonds is 8. The Morgan fingerprint density at radius 3 is 2.13 bits per heavy atom. The van der Waals surface area contributed by atoms with E-state index in [1.54, 1.807) is 0 Å². The van der Waals surface area contributed by atoms with Gasteiger partial charge in [0.05, 0.1) is 6.61 Å².